The molecule has 0 unspecified atom stereocenters. The topological polar surface area (TPSA) is 54.4 Å². The molecule has 84 valence electrons. The summed E-state index contributed by atoms with van der Waals surface area (Å²) < 4.78 is 23.2. The lowest BCUT2D eigenvalue weighted by atomic mass is 10.2. The second kappa shape index (κ2) is 4.96. The van der Waals surface area contributed by atoms with Crippen LogP contribution in [0.1, 0.15) is 17.7 Å². The van der Waals surface area contributed by atoms with Gasteiger partial charge in [-0.25, -0.2) is 8.42 Å². The predicted molar refractivity (Wildman–Crippen MR) is 60.7 cm³/mol. The van der Waals surface area contributed by atoms with Crippen molar-refractivity contribution in [2.75, 3.05) is 12.4 Å². The van der Waals surface area contributed by atoms with Crippen molar-refractivity contribution < 1.29 is 13.5 Å². The number of benzene rings is 1. The highest BCUT2D eigenvalue weighted by molar-refractivity contribution is 7.91. The van der Waals surface area contributed by atoms with Crippen molar-refractivity contribution in [2.45, 2.75) is 12.2 Å². The molecule has 0 spiro atoms. The minimum Gasteiger partial charge on any atom is -0.395 e. The zero-order chi connectivity index (χ0) is 11.5. The number of sulfone groups is 1. The molecule has 0 aliphatic carbocycles. The first kappa shape index (κ1) is 12.5. The highest BCUT2D eigenvalue weighted by Crippen LogP contribution is 2.23. The van der Waals surface area contributed by atoms with E-state index in [9.17, 15) is 8.42 Å². The molecular weight excluding hydrogens is 236 g/mol. The summed E-state index contributed by atoms with van der Waals surface area (Å²) in [6.45, 7) is 1.26. The predicted octanol–water partition coefficient (Wildman–Crippen LogP) is 1.81. The average Bonchev–Trinajstić information content (AvgIpc) is 2.18. The molecule has 0 radical (unpaired) electrons. The number of hydrogen-bond donors (Lipinski definition) is 1. The van der Waals surface area contributed by atoms with Gasteiger partial charge >= 0.3 is 0 Å². The molecule has 0 saturated carbocycles. The quantitative estimate of drug-likeness (QED) is 0.884. The Labute approximate surface area is 94.6 Å². The van der Waals surface area contributed by atoms with Gasteiger partial charge in [0.1, 0.15) is 0 Å². The number of hydrogen-bond acceptors (Lipinski definition) is 3. The van der Waals surface area contributed by atoms with E-state index in [-0.39, 0.29) is 12.4 Å². The maximum atomic E-state index is 11.6. The maximum Gasteiger partial charge on any atom is 0.159 e. The van der Waals surface area contributed by atoms with Crippen LogP contribution in [-0.2, 0) is 9.84 Å². The Morgan fingerprint density at radius 2 is 1.87 bits per heavy atom. The van der Waals surface area contributed by atoms with Gasteiger partial charge in [-0.15, -0.1) is 0 Å². The SMILES string of the molecule is C[C@@H](c1ccc(Cl)cc1)S(=O)(=O)CCO. The largest absolute Gasteiger partial charge is 0.395 e. The molecule has 1 rings (SSSR count). The van der Waals surface area contributed by atoms with E-state index in [1.54, 1.807) is 31.2 Å². The minimum atomic E-state index is -3.27. The van der Waals surface area contributed by atoms with Crippen molar-refractivity contribution in [3.63, 3.8) is 0 Å². The van der Waals surface area contributed by atoms with Crippen LogP contribution < -0.4 is 0 Å². The van der Waals surface area contributed by atoms with E-state index < -0.39 is 15.1 Å². The summed E-state index contributed by atoms with van der Waals surface area (Å²) in [4.78, 5) is 0. The van der Waals surface area contributed by atoms with E-state index in [4.69, 9.17) is 16.7 Å². The monoisotopic (exact) mass is 248 g/mol. The maximum absolute atomic E-state index is 11.6. The molecule has 5 heteroatoms. The van der Waals surface area contributed by atoms with Crippen molar-refractivity contribution in [1.82, 2.24) is 0 Å². The Balaban J connectivity index is 2.94. The molecule has 3 nitrogen and oxygen atoms in total. The van der Waals surface area contributed by atoms with Crippen LogP contribution in [0.15, 0.2) is 24.3 Å². The van der Waals surface area contributed by atoms with Crippen molar-refractivity contribution in [1.29, 1.82) is 0 Å². The summed E-state index contributed by atoms with van der Waals surface area (Å²) in [6, 6.07) is 6.67. The molecule has 0 aromatic heterocycles. The molecule has 15 heavy (non-hydrogen) atoms. The lowest BCUT2D eigenvalue weighted by molar-refractivity contribution is 0.319. The highest BCUT2D eigenvalue weighted by Gasteiger charge is 2.21. The molecule has 1 aromatic carbocycles. The van der Waals surface area contributed by atoms with Crippen molar-refractivity contribution in [2.24, 2.45) is 0 Å². The molecule has 0 fully saturated rings. The van der Waals surface area contributed by atoms with Crippen LogP contribution in [0.25, 0.3) is 0 Å². The molecule has 0 aliphatic rings. The molecule has 1 N–H and O–H groups in total. The lowest BCUT2D eigenvalue weighted by Crippen LogP contribution is -2.16. The zero-order valence-corrected chi connectivity index (χ0v) is 9.92. The van der Waals surface area contributed by atoms with Gasteiger partial charge in [-0.2, -0.15) is 0 Å². The second-order valence-electron chi connectivity index (χ2n) is 3.28. The van der Waals surface area contributed by atoms with Crippen LogP contribution in [-0.4, -0.2) is 25.9 Å². The fourth-order valence-electron chi connectivity index (χ4n) is 1.25. The van der Waals surface area contributed by atoms with Crippen LogP contribution in [0.5, 0.6) is 0 Å². The van der Waals surface area contributed by atoms with Crippen LogP contribution in [0, 0.1) is 0 Å². The first-order valence-corrected chi connectivity index (χ1v) is 6.64. The number of halogens is 1. The van der Waals surface area contributed by atoms with Crippen molar-refractivity contribution >= 4 is 21.4 Å². The summed E-state index contributed by atoms with van der Waals surface area (Å²) in [5.41, 5.74) is 0.688. The fraction of sp³-hybridized carbons (Fsp3) is 0.400. The molecule has 0 saturated heterocycles. The third-order valence-electron chi connectivity index (χ3n) is 2.25. The highest BCUT2D eigenvalue weighted by atomic mass is 35.5. The third-order valence-corrected chi connectivity index (χ3v) is 4.61. The number of aliphatic hydroxyl groups excluding tert-OH is 1. The van der Waals surface area contributed by atoms with Crippen LogP contribution in [0.2, 0.25) is 5.02 Å². The van der Waals surface area contributed by atoms with Crippen LogP contribution in [0.4, 0.5) is 0 Å². The Kier molecular flexibility index (Phi) is 4.13. The number of aliphatic hydroxyl groups is 1. The molecule has 0 heterocycles. The van der Waals surface area contributed by atoms with Gasteiger partial charge in [-0.1, -0.05) is 23.7 Å². The molecule has 0 bridgehead atoms. The van der Waals surface area contributed by atoms with Gasteiger partial charge in [0.25, 0.3) is 0 Å². The second-order valence-corrected chi connectivity index (χ2v) is 6.16. The fourth-order valence-corrected chi connectivity index (χ4v) is 2.55. The first-order valence-electron chi connectivity index (χ1n) is 4.55. The van der Waals surface area contributed by atoms with Gasteiger partial charge in [0.15, 0.2) is 9.84 Å². The van der Waals surface area contributed by atoms with Gasteiger partial charge in [0, 0.05) is 5.02 Å². The number of rotatable bonds is 4. The minimum absolute atomic E-state index is 0.212. The van der Waals surface area contributed by atoms with E-state index in [2.05, 4.69) is 0 Å². The Morgan fingerprint density at radius 3 is 2.33 bits per heavy atom. The zero-order valence-electron chi connectivity index (χ0n) is 8.35. The standard InChI is InChI=1S/C10H13ClO3S/c1-8(15(13,14)7-6-12)9-2-4-10(11)5-3-9/h2-5,8,12H,6-7H2,1H3/t8-/m0/s1. The van der Waals surface area contributed by atoms with Gasteiger partial charge in [0.05, 0.1) is 17.6 Å². The van der Waals surface area contributed by atoms with Gasteiger partial charge in [0.2, 0.25) is 0 Å². The molecule has 0 amide bonds. The van der Waals surface area contributed by atoms with Crippen molar-refractivity contribution in [3.05, 3.63) is 34.9 Å². The average molecular weight is 249 g/mol. The summed E-state index contributed by atoms with van der Waals surface area (Å²) >= 11 is 5.70. The van der Waals surface area contributed by atoms with Crippen LogP contribution in [0.3, 0.4) is 0 Å². The van der Waals surface area contributed by atoms with Gasteiger partial charge in [-0.3, -0.25) is 0 Å². The summed E-state index contributed by atoms with van der Waals surface area (Å²) in [5, 5.41) is 8.61. The lowest BCUT2D eigenvalue weighted by Gasteiger charge is -2.12. The molecule has 1 aromatic rings. The molecule has 0 aliphatic heterocycles. The van der Waals surface area contributed by atoms with Crippen LogP contribution >= 0.6 is 11.6 Å². The third kappa shape index (κ3) is 3.19. The Hall–Kier alpha value is -0.580. The Bertz CT molecular complexity index is 411. The van der Waals surface area contributed by atoms with E-state index in [0.29, 0.717) is 10.6 Å². The van der Waals surface area contributed by atoms with Gasteiger partial charge < -0.3 is 5.11 Å². The normalized spacial score (nSPS) is 13.8. The van der Waals surface area contributed by atoms with E-state index >= 15 is 0 Å². The Morgan fingerprint density at radius 1 is 1.33 bits per heavy atom. The van der Waals surface area contributed by atoms with Crippen molar-refractivity contribution in [3.8, 4) is 0 Å². The van der Waals surface area contributed by atoms with E-state index in [1.165, 1.54) is 0 Å². The van der Waals surface area contributed by atoms with Gasteiger partial charge in [-0.05, 0) is 24.6 Å². The van der Waals surface area contributed by atoms with E-state index in [0.717, 1.165) is 0 Å². The first-order chi connectivity index (χ1) is 6.97. The summed E-state index contributed by atoms with van der Waals surface area (Å²) in [5.74, 6) is -0.212. The van der Waals surface area contributed by atoms with E-state index in [1.807, 2.05) is 0 Å². The molecule has 1 atom stereocenters. The molecular formula is C10H13ClO3S. The smallest absolute Gasteiger partial charge is 0.159 e. The summed E-state index contributed by atoms with van der Waals surface area (Å²) in [6.07, 6.45) is 0. The summed E-state index contributed by atoms with van der Waals surface area (Å²) in [7, 11) is -3.27.